The van der Waals surface area contributed by atoms with Gasteiger partial charge in [0.1, 0.15) is 0 Å². The summed E-state index contributed by atoms with van der Waals surface area (Å²) in [4.78, 5) is 0. The van der Waals surface area contributed by atoms with Crippen molar-refractivity contribution in [2.45, 2.75) is 55.4 Å². The predicted octanol–water partition coefficient (Wildman–Crippen LogP) is 2.86. The molecule has 0 saturated carbocycles. The first-order valence-electron chi connectivity index (χ1n) is 12.6. The molecular formula is C30H48Mg2O6. The Balaban J connectivity index is -0.000000189. The van der Waals surface area contributed by atoms with Crippen LogP contribution in [0.3, 0.4) is 0 Å². The van der Waals surface area contributed by atoms with Gasteiger partial charge in [-0.25, -0.2) is 0 Å². The number of benzene rings is 2. The molecule has 2 heterocycles. The number of rotatable bonds is 0. The first-order valence-corrected chi connectivity index (χ1v) is 12.6. The van der Waals surface area contributed by atoms with E-state index in [1.807, 2.05) is 0 Å². The van der Waals surface area contributed by atoms with Gasteiger partial charge in [-0.15, -0.1) is 13.2 Å². The zero-order chi connectivity index (χ0) is 27.6. The smallest absolute Gasteiger partial charge is 0.855 e. The molecule has 0 amide bonds. The molecule has 0 N–H and O–H groups in total. The minimum Gasteiger partial charge on any atom is -0.855 e. The van der Waals surface area contributed by atoms with Crippen molar-refractivity contribution in [3.05, 3.63) is 69.8 Å². The summed E-state index contributed by atoms with van der Waals surface area (Å²) in [6.45, 7) is 21.8. The van der Waals surface area contributed by atoms with Crippen molar-refractivity contribution in [3.63, 3.8) is 0 Å². The number of ether oxygens (including phenoxy) is 4. The molecule has 4 rings (SSSR count). The van der Waals surface area contributed by atoms with E-state index in [-0.39, 0.29) is 59.3 Å². The van der Waals surface area contributed by atoms with Gasteiger partial charge in [0, 0.05) is 0 Å². The van der Waals surface area contributed by atoms with Crippen molar-refractivity contribution in [1.29, 1.82) is 0 Å². The Hall–Kier alpha value is -0.268. The van der Waals surface area contributed by atoms with E-state index in [4.69, 9.17) is 29.2 Å². The molecule has 0 aliphatic carbocycles. The summed E-state index contributed by atoms with van der Waals surface area (Å²) in [6.07, 6.45) is 0. The molecule has 0 radical (unpaired) electrons. The molecule has 2 aliphatic heterocycles. The zero-order valence-electron chi connectivity index (χ0n) is 25.2. The van der Waals surface area contributed by atoms with E-state index in [9.17, 15) is 0 Å². The Labute approximate surface area is 265 Å². The van der Waals surface area contributed by atoms with Gasteiger partial charge in [0.2, 0.25) is 0 Å². The van der Waals surface area contributed by atoms with Crippen LogP contribution in [0.4, 0.5) is 0 Å². The van der Waals surface area contributed by atoms with E-state index in [1.54, 1.807) is 13.8 Å². The Kier molecular flexibility index (Phi) is 38.8. The van der Waals surface area contributed by atoms with Gasteiger partial charge in [-0.1, -0.05) is 55.4 Å². The molecule has 2 fully saturated rings. The van der Waals surface area contributed by atoms with Crippen molar-refractivity contribution in [3.8, 4) is 0 Å². The van der Waals surface area contributed by atoms with E-state index in [1.165, 1.54) is 33.4 Å². The van der Waals surface area contributed by atoms with E-state index in [0.717, 1.165) is 52.9 Å². The van der Waals surface area contributed by atoms with E-state index in [0.29, 0.717) is 0 Å². The van der Waals surface area contributed by atoms with E-state index < -0.39 is 0 Å². The third kappa shape index (κ3) is 33.8. The minimum absolute atomic E-state index is 0. The predicted molar refractivity (Wildman–Crippen MR) is 155 cm³/mol. The van der Waals surface area contributed by atoms with Crippen LogP contribution in [-0.2, 0) is 18.9 Å². The maximum Gasteiger partial charge on any atom is 2.00 e. The summed E-state index contributed by atoms with van der Waals surface area (Å²) in [5, 5.41) is 17.9. The average molecular weight is 553 g/mol. The molecule has 8 heteroatoms. The second-order valence-corrected chi connectivity index (χ2v) is 8.07. The summed E-state index contributed by atoms with van der Waals surface area (Å²) in [5.41, 5.74) is 7.56. The van der Waals surface area contributed by atoms with Crippen LogP contribution in [0.5, 0.6) is 0 Å². The van der Waals surface area contributed by atoms with Crippen LogP contribution >= 0.6 is 0 Å². The van der Waals surface area contributed by atoms with E-state index in [2.05, 4.69) is 77.9 Å². The van der Waals surface area contributed by atoms with Crippen molar-refractivity contribution >= 4 is 46.1 Å². The first kappa shape index (κ1) is 44.7. The standard InChI is InChI=1S/2C9H11.2C4H8O2.2C2H5O.2Mg/c2*1-7-4-8(2)6-9(3)5-7;2*1-2-6-4-3-5-1;2*1-2-3;;/h2*4-5H,1-3H3;2*1-4H2;2*2H2,1H3;;/q2*-1;;;2*-1;2*+2. The maximum atomic E-state index is 8.93. The number of aryl methyl sites for hydroxylation is 6. The van der Waals surface area contributed by atoms with Gasteiger partial charge in [-0.05, 0) is 0 Å². The monoisotopic (exact) mass is 552 g/mol. The fourth-order valence-electron chi connectivity index (χ4n) is 3.10. The van der Waals surface area contributed by atoms with Crippen LogP contribution in [0.1, 0.15) is 47.2 Å². The Morgan fingerprint density at radius 3 is 0.763 bits per heavy atom. The molecule has 0 bridgehead atoms. The van der Waals surface area contributed by atoms with Crippen LogP contribution in [0.15, 0.2) is 24.3 Å². The van der Waals surface area contributed by atoms with Gasteiger partial charge in [-0.3, -0.25) is 0 Å². The maximum absolute atomic E-state index is 8.93. The van der Waals surface area contributed by atoms with Gasteiger partial charge in [0.05, 0.1) is 52.9 Å². The largest absolute Gasteiger partial charge is 2.00 e. The summed E-state index contributed by atoms with van der Waals surface area (Å²) in [7, 11) is 0. The SMILES string of the molecule is C1COCCO1.C1COCCO1.CC[O-].CC[O-].Cc1[c-]c(C)cc(C)c1.Cc1[c-]c(C)cc(C)c1.[Mg+2].[Mg+2]. The van der Waals surface area contributed by atoms with Gasteiger partial charge < -0.3 is 29.2 Å². The van der Waals surface area contributed by atoms with Crippen molar-refractivity contribution in [1.82, 2.24) is 0 Å². The third-order valence-corrected chi connectivity index (χ3v) is 4.05. The van der Waals surface area contributed by atoms with Crippen LogP contribution in [-0.4, -0.2) is 112 Å². The summed E-state index contributed by atoms with van der Waals surface area (Å²) in [6, 6.07) is 14.9. The molecule has 2 aromatic rings. The molecule has 0 atom stereocenters. The Morgan fingerprint density at radius 2 is 0.658 bits per heavy atom. The molecule has 0 unspecified atom stereocenters. The minimum atomic E-state index is 0. The van der Waals surface area contributed by atoms with Gasteiger partial charge in [0.15, 0.2) is 0 Å². The second-order valence-electron chi connectivity index (χ2n) is 8.07. The van der Waals surface area contributed by atoms with Crippen molar-refractivity contribution in [2.24, 2.45) is 0 Å². The molecule has 208 valence electrons. The zero-order valence-corrected chi connectivity index (χ0v) is 28.1. The summed E-state index contributed by atoms with van der Waals surface area (Å²) < 4.78 is 19.8. The quantitative estimate of drug-likeness (QED) is 0.369. The molecule has 38 heavy (non-hydrogen) atoms. The fourth-order valence-corrected chi connectivity index (χ4v) is 3.10. The number of hydrogen-bond acceptors (Lipinski definition) is 6. The summed E-state index contributed by atoms with van der Waals surface area (Å²) in [5.74, 6) is 0. The van der Waals surface area contributed by atoms with E-state index >= 15 is 0 Å². The molecular weight excluding hydrogens is 505 g/mol. The topological polar surface area (TPSA) is 83.0 Å². The molecule has 2 aliphatic rings. The molecule has 6 nitrogen and oxygen atoms in total. The van der Waals surface area contributed by atoms with Crippen LogP contribution in [0.2, 0.25) is 0 Å². The Morgan fingerprint density at radius 1 is 0.500 bits per heavy atom. The third-order valence-electron chi connectivity index (χ3n) is 4.05. The summed E-state index contributed by atoms with van der Waals surface area (Å²) >= 11 is 0. The Bertz CT molecular complexity index is 564. The second kappa shape index (κ2) is 32.9. The normalized spacial score (nSPS) is 13.1. The van der Waals surface area contributed by atoms with Gasteiger partial charge >= 0.3 is 46.1 Å². The van der Waals surface area contributed by atoms with Crippen LogP contribution in [0.25, 0.3) is 0 Å². The van der Waals surface area contributed by atoms with Gasteiger partial charge in [0.25, 0.3) is 0 Å². The number of hydrogen-bond donors (Lipinski definition) is 0. The van der Waals surface area contributed by atoms with Crippen LogP contribution < -0.4 is 10.2 Å². The fraction of sp³-hybridized carbons (Fsp3) is 0.600. The van der Waals surface area contributed by atoms with Crippen molar-refractivity contribution in [2.75, 3.05) is 66.1 Å². The molecule has 2 aromatic carbocycles. The van der Waals surface area contributed by atoms with Crippen molar-refractivity contribution < 1.29 is 29.2 Å². The van der Waals surface area contributed by atoms with Gasteiger partial charge in [-0.2, -0.15) is 69.8 Å². The molecule has 0 aromatic heterocycles. The molecule has 0 spiro atoms. The molecule has 2 saturated heterocycles. The first-order chi connectivity index (χ1) is 17.2. The average Bonchev–Trinajstić information content (AvgIpc) is 2.82. The van der Waals surface area contributed by atoms with Crippen LogP contribution in [0, 0.1) is 53.7 Å².